The summed E-state index contributed by atoms with van der Waals surface area (Å²) in [6, 6.07) is 9.28. The van der Waals surface area contributed by atoms with Crippen LogP contribution in [-0.4, -0.2) is 36.1 Å². The van der Waals surface area contributed by atoms with Crippen molar-refractivity contribution >= 4 is 10.9 Å². The molecule has 0 radical (unpaired) electrons. The van der Waals surface area contributed by atoms with Gasteiger partial charge < -0.3 is 4.98 Å². The van der Waals surface area contributed by atoms with Gasteiger partial charge in [0.15, 0.2) is 5.82 Å². The number of tetrazole rings is 1. The molecule has 1 aromatic carbocycles. The van der Waals surface area contributed by atoms with Crippen LogP contribution in [0.4, 0.5) is 0 Å². The highest BCUT2D eigenvalue weighted by molar-refractivity contribution is 5.79. The summed E-state index contributed by atoms with van der Waals surface area (Å²) in [5, 5.41) is 14.3. The Morgan fingerprint density at radius 2 is 1.85 bits per heavy atom. The van der Waals surface area contributed by atoms with Crippen LogP contribution in [0.2, 0.25) is 0 Å². The largest absolute Gasteiger partial charge is 0.322 e. The number of hydrogen-bond donors (Lipinski definition) is 1. The number of nitrogens with zero attached hydrogens (tertiary/aromatic N) is 5. The highest BCUT2D eigenvalue weighted by Gasteiger charge is 2.34. The first-order valence-corrected chi connectivity index (χ1v) is 13.3. The minimum Gasteiger partial charge on any atom is -0.322 e. The second-order valence-electron chi connectivity index (χ2n) is 10.4. The number of benzene rings is 1. The molecule has 2 aromatic heterocycles. The lowest BCUT2D eigenvalue weighted by Crippen LogP contribution is -2.39. The van der Waals surface area contributed by atoms with Gasteiger partial charge in [-0.3, -0.25) is 9.69 Å². The van der Waals surface area contributed by atoms with E-state index in [-0.39, 0.29) is 11.6 Å². The summed E-state index contributed by atoms with van der Waals surface area (Å²) in [5.74, 6) is 0.994. The van der Waals surface area contributed by atoms with Gasteiger partial charge in [-0.25, -0.2) is 4.68 Å². The summed E-state index contributed by atoms with van der Waals surface area (Å²) in [6.07, 6.45) is 13.0. The van der Waals surface area contributed by atoms with Gasteiger partial charge in [-0.15, -0.1) is 5.10 Å². The molecule has 1 unspecified atom stereocenters. The fraction of sp³-hybridized carbons (Fsp3) is 0.630. The Morgan fingerprint density at radius 1 is 1.09 bits per heavy atom. The van der Waals surface area contributed by atoms with Crippen molar-refractivity contribution in [1.82, 2.24) is 30.1 Å². The molecule has 2 fully saturated rings. The predicted octanol–water partition coefficient (Wildman–Crippen LogP) is 5.61. The van der Waals surface area contributed by atoms with E-state index in [0.717, 1.165) is 48.0 Å². The molecule has 7 heteroatoms. The molecule has 2 heterocycles. The topological polar surface area (TPSA) is 79.7 Å². The molecule has 1 atom stereocenters. The van der Waals surface area contributed by atoms with Crippen LogP contribution in [0.1, 0.15) is 107 Å². The van der Waals surface area contributed by atoms with Crippen molar-refractivity contribution in [1.29, 1.82) is 0 Å². The number of fused-ring (bicyclic) bond motifs is 1. The van der Waals surface area contributed by atoms with Crippen molar-refractivity contribution in [2.75, 3.05) is 0 Å². The molecular formula is C27H38N6O. The third-order valence-electron chi connectivity index (χ3n) is 7.92. The summed E-state index contributed by atoms with van der Waals surface area (Å²) in [5.41, 5.74) is 2.95. The normalized spacial score (nSPS) is 18.8. The zero-order valence-electron chi connectivity index (χ0n) is 20.7. The lowest BCUT2D eigenvalue weighted by atomic mass is 9.95. The number of nitrogens with one attached hydrogen (secondary N) is 1. The van der Waals surface area contributed by atoms with Gasteiger partial charge >= 0.3 is 0 Å². The third kappa shape index (κ3) is 4.81. The zero-order valence-corrected chi connectivity index (χ0v) is 20.7. The maximum Gasteiger partial charge on any atom is 0.252 e. The molecule has 0 aliphatic heterocycles. The summed E-state index contributed by atoms with van der Waals surface area (Å²) < 4.78 is 2.13. The minimum absolute atomic E-state index is 0.0153. The molecule has 1 N–H and O–H groups in total. The van der Waals surface area contributed by atoms with Gasteiger partial charge in [-0.05, 0) is 73.0 Å². The molecule has 0 spiro atoms. The van der Waals surface area contributed by atoms with E-state index < -0.39 is 0 Å². The number of rotatable bonds is 8. The van der Waals surface area contributed by atoms with E-state index in [1.165, 1.54) is 50.5 Å². The van der Waals surface area contributed by atoms with E-state index in [0.29, 0.717) is 18.6 Å². The quantitative estimate of drug-likeness (QED) is 0.470. The van der Waals surface area contributed by atoms with Crippen molar-refractivity contribution in [3.63, 3.8) is 0 Å². The van der Waals surface area contributed by atoms with Crippen LogP contribution in [0.5, 0.6) is 0 Å². The molecule has 2 aliphatic carbocycles. The van der Waals surface area contributed by atoms with Crippen molar-refractivity contribution in [2.24, 2.45) is 0 Å². The van der Waals surface area contributed by atoms with E-state index in [4.69, 9.17) is 0 Å². The van der Waals surface area contributed by atoms with Crippen LogP contribution in [-0.2, 0) is 6.54 Å². The van der Waals surface area contributed by atoms with E-state index in [2.05, 4.69) is 56.1 Å². The lowest BCUT2D eigenvalue weighted by Gasteiger charge is -2.36. The third-order valence-corrected chi connectivity index (χ3v) is 7.92. The number of aromatic amines is 1. The van der Waals surface area contributed by atoms with Crippen LogP contribution in [0.3, 0.4) is 0 Å². The SMILES string of the molecule is CCCC(c1nnnn1C1CCCCC1)N(Cc1cc2cc(C)ccc2[nH]c1=O)C1CCCC1. The van der Waals surface area contributed by atoms with Gasteiger partial charge in [0, 0.05) is 23.7 Å². The summed E-state index contributed by atoms with van der Waals surface area (Å²) >= 11 is 0. The lowest BCUT2D eigenvalue weighted by molar-refractivity contribution is 0.105. The average Bonchev–Trinajstić information content (AvgIpc) is 3.55. The number of pyridine rings is 1. The van der Waals surface area contributed by atoms with E-state index >= 15 is 0 Å². The first-order chi connectivity index (χ1) is 16.6. The maximum absolute atomic E-state index is 13.1. The first kappa shape index (κ1) is 23.2. The summed E-state index contributed by atoms with van der Waals surface area (Å²) in [4.78, 5) is 18.8. The Labute approximate surface area is 201 Å². The van der Waals surface area contributed by atoms with E-state index in [9.17, 15) is 4.79 Å². The average molecular weight is 463 g/mol. The van der Waals surface area contributed by atoms with Crippen LogP contribution < -0.4 is 5.56 Å². The van der Waals surface area contributed by atoms with Crippen molar-refractivity contribution < 1.29 is 0 Å². The molecule has 5 rings (SSSR count). The van der Waals surface area contributed by atoms with Crippen molar-refractivity contribution in [3.8, 4) is 0 Å². The van der Waals surface area contributed by atoms with Gasteiger partial charge in [0.1, 0.15) is 0 Å². The molecule has 2 saturated carbocycles. The van der Waals surface area contributed by atoms with Crippen LogP contribution in [0, 0.1) is 6.92 Å². The molecule has 0 bridgehead atoms. The van der Waals surface area contributed by atoms with Crippen LogP contribution in [0.15, 0.2) is 29.1 Å². The zero-order chi connectivity index (χ0) is 23.5. The molecule has 7 nitrogen and oxygen atoms in total. The van der Waals surface area contributed by atoms with Gasteiger partial charge in [-0.1, -0.05) is 57.1 Å². The Bertz CT molecular complexity index is 1160. The maximum atomic E-state index is 13.1. The molecule has 182 valence electrons. The Morgan fingerprint density at radius 3 is 2.62 bits per heavy atom. The number of aryl methyl sites for hydroxylation is 1. The fourth-order valence-electron chi connectivity index (χ4n) is 6.14. The summed E-state index contributed by atoms with van der Waals surface area (Å²) in [7, 11) is 0. The highest BCUT2D eigenvalue weighted by Crippen LogP contribution is 2.36. The van der Waals surface area contributed by atoms with Gasteiger partial charge in [0.2, 0.25) is 0 Å². The van der Waals surface area contributed by atoms with E-state index in [1.54, 1.807) is 0 Å². The Hall–Kier alpha value is -2.54. The standard InChI is InChI=1S/C27H38N6O/c1-3-9-25(26-29-30-31-33(26)23-12-5-4-6-13-23)32(22-10-7-8-11-22)18-21-17-20-16-19(2)14-15-24(20)28-27(21)34/h14-17,22-23,25H,3-13,18H2,1-2H3,(H,28,34). The van der Waals surface area contributed by atoms with Gasteiger partial charge in [0.25, 0.3) is 5.56 Å². The molecule has 0 amide bonds. The Balaban J connectivity index is 1.52. The first-order valence-electron chi connectivity index (χ1n) is 13.3. The molecule has 3 aromatic rings. The number of aromatic nitrogens is 5. The molecule has 34 heavy (non-hydrogen) atoms. The predicted molar refractivity (Wildman–Crippen MR) is 135 cm³/mol. The van der Waals surface area contributed by atoms with Crippen LogP contribution >= 0.6 is 0 Å². The van der Waals surface area contributed by atoms with Gasteiger partial charge in [-0.2, -0.15) is 0 Å². The van der Waals surface area contributed by atoms with Crippen molar-refractivity contribution in [3.05, 3.63) is 51.6 Å². The number of hydrogen-bond acceptors (Lipinski definition) is 5. The second kappa shape index (κ2) is 10.4. The minimum atomic E-state index is 0.0153. The van der Waals surface area contributed by atoms with Crippen LogP contribution in [0.25, 0.3) is 10.9 Å². The molecule has 0 saturated heterocycles. The highest BCUT2D eigenvalue weighted by atomic mass is 16.1. The van der Waals surface area contributed by atoms with E-state index in [1.807, 2.05) is 12.1 Å². The Kier molecular flexibility index (Phi) is 7.09. The number of H-pyrrole nitrogens is 1. The molecule has 2 aliphatic rings. The summed E-state index contributed by atoms with van der Waals surface area (Å²) in [6.45, 7) is 4.96. The second-order valence-corrected chi connectivity index (χ2v) is 10.4. The van der Waals surface area contributed by atoms with Crippen molar-refractivity contribution in [2.45, 2.75) is 109 Å². The monoisotopic (exact) mass is 462 g/mol. The fourth-order valence-corrected chi connectivity index (χ4v) is 6.14. The smallest absolute Gasteiger partial charge is 0.252 e. The molecular weight excluding hydrogens is 424 g/mol. The van der Waals surface area contributed by atoms with Gasteiger partial charge in [0.05, 0.1) is 12.1 Å².